The van der Waals surface area contributed by atoms with E-state index in [1.54, 1.807) is 25.3 Å². The van der Waals surface area contributed by atoms with Gasteiger partial charge in [-0.25, -0.2) is 14.8 Å². The SMILES string of the molecule is Cc1cc(C(NN)c2c(C)ccnc2N)ccc1F. The monoisotopic (exact) mass is 260 g/mol. The van der Waals surface area contributed by atoms with Crippen molar-refractivity contribution in [1.29, 1.82) is 0 Å². The number of anilines is 1. The van der Waals surface area contributed by atoms with Gasteiger partial charge in [0.2, 0.25) is 0 Å². The molecule has 0 aliphatic carbocycles. The number of rotatable bonds is 3. The van der Waals surface area contributed by atoms with Crippen LogP contribution in [0.5, 0.6) is 0 Å². The molecule has 0 radical (unpaired) electrons. The van der Waals surface area contributed by atoms with Crippen molar-refractivity contribution in [1.82, 2.24) is 10.4 Å². The summed E-state index contributed by atoms with van der Waals surface area (Å²) in [5.74, 6) is 5.82. The standard InChI is InChI=1S/C14H17FN4/c1-8-5-6-18-14(16)12(8)13(19-17)10-3-4-11(15)9(2)7-10/h3-7,13,19H,17H2,1-2H3,(H2,16,18). The zero-order valence-corrected chi connectivity index (χ0v) is 10.9. The van der Waals surface area contributed by atoms with E-state index < -0.39 is 0 Å². The minimum absolute atomic E-state index is 0.240. The number of aromatic nitrogens is 1. The number of nitrogens with two attached hydrogens (primary N) is 2. The van der Waals surface area contributed by atoms with E-state index in [1.165, 1.54) is 6.07 Å². The molecule has 5 heteroatoms. The molecule has 19 heavy (non-hydrogen) atoms. The van der Waals surface area contributed by atoms with Crippen LogP contribution >= 0.6 is 0 Å². The minimum Gasteiger partial charge on any atom is -0.383 e. The van der Waals surface area contributed by atoms with Gasteiger partial charge in [0.05, 0.1) is 6.04 Å². The molecule has 1 unspecified atom stereocenters. The highest BCUT2D eigenvalue weighted by molar-refractivity contribution is 5.50. The van der Waals surface area contributed by atoms with Crippen molar-refractivity contribution in [2.75, 3.05) is 5.73 Å². The van der Waals surface area contributed by atoms with Crippen LogP contribution in [0.2, 0.25) is 0 Å². The van der Waals surface area contributed by atoms with E-state index in [-0.39, 0.29) is 11.9 Å². The third-order valence-electron chi connectivity index (χ3n) is 3.21. The zero-order valence-electron chi connectivity index (χ0n) is 10.9. The average Bonchev–Trinajstić information content (AvgIpc) is 2.37. The smallest absolute Gasteiger partial charge is 0.128 e. The number of nitrogens with zero attached hydrogens (tertiary/aromatic N) is 1. The van der Waals surface area contributed by atoms with Gasteiger partial charge in [-0.3, -0.25) is 5.84 Å². The summed E-state index contributed by atoms with van der Waals surface area (Å²) in [4.78, 5) is 4.08. The summed E-state index contributed by atoms with van der Waals surface area (Å²) in [6, 6.07) is 6.43. The number of hydrogen-bond acceptors (Lipinski definition) is 4. The Labute approximate surface area is 111 Å². The van der Waals surface area contributed by atoms with Gasteiger partial charge >= 0.3 is 0 Å². The number of pyridine rings is 1. The molecule has 4 nitrogen and oxygen atoms in total. The van der Waals surface area contributed by atoms with Crippen molar-refractivity contribution in [3.63, 3.8) is 0 Å². The zero-order chi connectivity index (χ0) is 14.0. The van der Waals surface area contributed by atoms with Crippen molar-refractivity contribution < 1.29 is 4.39 Å². The second kappa shape index (κ2) is 5.34. The molecule has 0 saturated carbocycles. The normalized spacial score (nSPS) is 12.4. The molecule has 0 fully saturated rings. The van der Waals surface area contributed by atoms with E-state index >= 15 is 0 Å². The largest absolute Gasteiger partial charge is 0.383 e. The fourth-order valence-electron chi connectivity index (χ4n) is 2.16. The highest BCUT2D eigenvalue weighted by Gasteiger charge is 2.18. The second-order valence-corrected chi connectivity index (χ2v) is 4.54. The van der Waals surface area contributed by atoms with E-state index in [1.807, 2.05) is 13.0 Å². The lowest BCUT2D eigenvalue weighted by atomic mass is 9.95. The molecule has 1 aromatic carbocycles. The molecule has 100 valence electrons. The quantitative estimate of drug-likeness (QED) is 0.582. The molecule has 0 amide bonds. The Hall–Kier alpha value is -1.98. The van der Waals surface area contributed by atoms with E-state index in [4.69, 9.17) is 11.6 Å². The molecule has 1 atom stereocenters. The predicted molar refractivity (Wildman–Crippen MR) is 73.7 cm³/mol. The minimum atomic E-state index is -0.312. The van der Waals surface area contributed by atoms with Crippen LogP contribution in [0.25, 0.3) is 0 Å². The van der Waals surface area contributed by atoms with E-state index in [0.29, 0.717) is 11.4 Å². The van der Waals surface area contributed by atoms with Crippen molar-refractivity contribution in [2.45, 2.75) is 19.9 Å². The molecule has 1 heterocycles. The summed E-state index contributed by atoms with van der Waals surface area (Å²) in [6.45, 7) is 3.65. The Morgan fingerprint density at radius 2 is 1.95 bits per heavy atom. The Bertz CT molecular complexity index is 578. The van der Waals surface area contributed by atoms with Gasteiger partial charge in [-0.2, -0.15) is 0 Å². The molecule has 2 aromatic rings. The lowest BCUT2D eigenvalue weighted by Crippen LogP contribution is -2.30. The number of aryl methyl sites for hydroxylation is 2. The molecule has 0 spiro atoms. The highest BCUT2D eigenvalue weighted by Crippen LogP contribution is 2.28. The van der Waals surface area contributed by atoms with Crippen LogP contribution in [-0.4, -0.2) is 4.98 Å². The number of benzene rings is 1. The first-order valence-corrected chi connectivity index (χ1v) is 5.97. The molecular weight excluding hydrogens is 243 g/mol. The first kappa shape index (κ1) is 13.5. The van der Waals surface area contributed by atoms with Crippen LogP contribution in [0.15, 0.2) is 30.5 Å². The molecule has 0 aliphatic heterocycles. The van der Waals surface area contributed by atoms with Crippen molar-refractivity contribution >= 4 is 5.82 Å². The van der Waals surface area contributed by atoms with Crippen molar-refractivity contribution in [2.24, 2.45) is 5.84 Å². The van der Waals surface area contributed by atoms with Gasteiger partial charge in [0.1, 0.15) is 11.6 Å². The highest BCUT2D eigenvalue weighted by atomic mass is 19.1. The summed E-state index contributed by atoms with van der Waals surface area (Å²) in [6.07, 6.45) is 1.65. The summed E-state index contributed by atoms with van der Waals surface area (Å²) in [7, 11) is 0. The lowest BCUT2D eigenvalue weighted by Gasteiger charge is -2.20. The number of nitrogen functional groups attached to an aromatic ring is 1. The van der Waals surface area contributed by atoms with E-state index in [9.17, 15) is 4.39 Å². The Kier molecular flexibility index (Phi) is 3.78. The van der Waals surface area contributed by atoms with Gasteiger partial charge in [-0.15, -0.1) is 0 Å². The number of hydrazine groups is 1. The summed E-state index contributed by atoms with van der Waals surface area (Å²) in [5, 5.41) is 0. The fraction of sp³-hybridized carbons (Fsp3) is 0.214. The fourth-order valence-corrected chi connectivity index (χ4v) is 2.16. The lowest BCUT2D eigenvalue weighted by molar-refractivity contribution is 0.607. The number of halogens is 1. The Balaban J connectivity index is 2.53. The van der Waals surface area contributed by atoms with Crippen LogP contribution in [0.4, 0.5) is 10.2 Å². The second-order valence-electron chi connectivity index (χ2n) is 4.54. The van der Waals surface area contributed by atoms with Gasteiger partial charge in [-0.05, 0) is 42.7 Å². The van der Waals surface area contributed by atoms with E-state index in [2.05, 4.69) is 10.4 Å². The summed E-state index contributed by atoms with van der Waals surface area (Å²) in [5.41, 5.74) is 11.9. The topological polar surface area (TPSA) is 77.0 Å². The number of hydrogen-bond donors (Lipinski definition) is 3. The van der Waals surface area contributed by atoms with Gasteiger partial charge in [0.15, 0.2) is 0 Å². The van der Waals surface area contributed by atoms with E-state index in [0.717, 1.165) is 16.7 Å². The van der Waals surface area contributed by atoms with Crippen LogP contribution in [0.1, 0.15) is 28.3 Å². The number of nitrogens with one attached hydrogen (secondary N) is 1. The third-order valence-corrected chi connectivity index (χ3v) is 3.21. The summed E-state index contributed by atoms with van der Waals surface area (Å²) < 4.78 is 13.3. The maximum absolute atomic E-state index is 13.3. The van der Waals surface area contributed by atoms with Crippen molar-refractivity contribution in [3.05, 3.63) is 58.5 Å². The molecule has 2 rings (SSSR count). The van der Waals surface area contributed by atoms with Crippen LogP contribution in [0, 0.1) is 19.7 Å². The first-order valence-electron chi connectivity index (χ1n) is 5.97. The predicted octanol–water partition coefficient (Wildman–Crippen LogP) is 1.97. The molecular formula is C14H17FN4. The third kappa shape index (κ3) is 2.57. The Morgan fingerprint density at radius 1 is 1.21 bits per heavy atom. The van der Waals surface area contributed by atoms with Crippen LogP contribution in [0.3, 0.4) is 0 Å². The maximum Gasteiger partial charge on any atom is 0.128 e. The summed E-state index contributed by atoms with van der Waals surface area (Å²) >= 11 is 0. The van der Waals surface area contributed by atoms with Crippen LogP contribution in [-0.2, 0) is 0 Å². The van der Waals surface area contributed by atoms with Gasteiger partial charge in [0.25, 0.3) is 0 Å². The Morgan fingerprint density at radius 3 is 2.53 bits per heavy atom. The molecule has 0 aliphatic rings. The first-order chi connectivity index (χ1) is 9.04. The molecule has 0 saturated heterocycles. The molecule has 0 bridgehead atoms. The van der Waals surface area contributed by atoms with Gasteiger partial charge in [-0.1, -0.05) is 12.1 Å². The maximum atomic E-state index is 13.3. The van der Waals surface area contributed by atoms with Crippen molar-refractivity contribution in [3.8, 4) is 0 Å². The van der Waals surface area contributed by atoms with Gasteiger partial charge in [0, 0.05) is 11.8 Å². The molecule has 1 aromatic heterocycles. The molecule has 5 N–H and O–H groups in total. The van der Waals surface area contributed by atoms with Gasteiger partial charge < -0.3 is 5.73 Å². The average molecular weight is 260 g/mol. The van der Waals surface area contributed by atoms with Crippen LogP contribution < -0.4 is 17.0 Å².